The molecule has 1 saturated carbocycles. The Morgan fingerprint density at radius 1 is 1.42 bits per heavy atom. The maximum Gasteiger partial charge on any atom is 0.273 e. The fourth-order valence-electron chi connectivity index (χ4n) is 3.44. The van der Waals surface area contributed by atoms with E-state index in [0.717, 1.165) is 24.2 Å². The highest BCUT2D eigenvalue weighted by Gasteiger charge is 2.46. The number of carbonyl (C=O) groups excluding carboxylic acids is 1. The van der Waals surface area contributed by atoms with Gasteiger partial charge in [-0.3, -0.25) is 4.79 Å². The molecule has 8 heteroatoms. The van der Waals surface area contributed by atoms with Gasteiger partial charge in [0.25, 0.3) is 5.91 Å². The molecule has 2 fully saturated rings. The van der Waals surface area contributed by atoms with Gasteiger partial charge in [0.1, 0.15) is 17.9 Å². The summed E-state index contributed by atoms with van der Waals surface area (Å²) in [5, 5.41) is 20.7. The first-order valence-electron chi connectivity index (χ1n) is 8.72. The number of carbonyl (C=O) groups is 1. The molecule has 26 heavy (non-hydrogen) atoms. The molecule has 2 aromatic rings. The van der Waals surface area contributed by atoms with Gasteiger partial charge in [0.2, 0.25) is 0 Å². The van der Waals surface area contributed by atoms with E-state index in [1.54, 1.807) is 13.3 Å². The Kier molecular flexibility index (Phi) is 4.37. The molecule has 1 amide bonds. The van der Waals surface area contributed by atoms with Crippen molar-refractivity contribution < 1.29 is 19.4 Å². The predicted octanol–water partition coefficient (Wildman–Crippen LogP) is 0.680. The van der Waals surface area contributed by atoms with Gasteiger partial charge < -0.3 is 19.9 Å². The zero-order chi connectivity index (χ0) is 18.1. The SMILES string of the molecule is COc1ccccc1C1(CNC(=O)c2cn([C@@H]3COC[C@H]3O)nn2)CC1. The van der Waals surface area contributed by atoms with Crippen LogP contribution in [0.25, 0.3) is 0 Å². The minimum absolute atomic E-state index is 0.0757. The minimum atomic E-state index is -0.632. The number of amides is 1. The van der Waals surface area contributed by atoms with E-state index < -0.39 is 6.10 Å². The van der Waals surface area contributed by atoms with Crippen LogP contribution in [0.4, 0.5) is 0 Å². The fourth-order valence-corrected chi connectivity index (χ4v) is 3.44. The highest BCUT2D eigenvalue weighted by molar-refractivity contribution is 5.92. The van der Waals surface area contributed by atoms with Crippen molar-refractivity contribution in [2.75, 3.05) is 26.9 Å². The third kappa shape index (κ3) is 3.06. The smallest absolute Gasteiger partial charge is 0.273 e. The molecule has 4 rings (SSSR count). The van der Waals surface area contributed by atoms with E-state index >= 15 is 0 Å². The second-order valence-corrected chi connectivity index (χ2v) is 6.92. The first-order valence-corrected chi connectivity index (χ1v) is 8.72. The number of nitrogens with one attached hydrogen (secondary N) is 1. The molecule has 1 aliphatic carbocycles. The third-order valence-electron chi connectivity index (χ3n) is 5.22. The van der Waals surface area contributed by atoms with Crippen molar-refractivity contribution in [3.8, 4) is 5.75 Å². The summed E-state index contributed by atoms with van der Waals surface area (Å²) < 4.78 is 12.2. The maximum atomic E-state index is 12.5. The molecule has 0 unspecified atom stereocenters. The van der Waals surface area contributed by atoms with Crippen molar-refractivity contribution in [3.05, 3.63) is 41.7 Å². The number of para-hydroxylation sites is 1. The normalized spacial score (nSPS) is 23.6. The van der Waals surface area contributed by atoms with E-state index in [1.165, 1.54) is 4.68 Å². The second kappa shape index (κ2) is 6.69. The lowest BCUT2D eigenvalue weighted by Crippen LogP contribution is -2.32. The van der Waals surface area contributed by atoms with Crippen LogP contribution in [0.3, 0.4) is 0 Å². The number of ether oxygens (including phenoxy) is 2. The number of aliphatic hydroxyl groups excluding tert-OH is 1. The van der Waals surface area contributed by atoms with Gasteiger partial charge >= 0.3 is 0 Å². The molecule has 2 atom stereocenters. The van der Waals surface area contributed by atoms with Gasteiger partial charge in [0.05, 0.1) is 26.5 Å². The number of aliphatic hydroxyl groups is 1. The van der Waals surface area contributed by atoms with Gasteiger partial charge in [-0.2, -0.15) is 0 Å². The van der Waals surface area contributed by atoms with Crippen molar-refractivity contribution in [2.24, 2.45) is 0 Å². The number of rotatable bonds is 6. The average Bonchev–Trinajstić information content (AvgIpc) is 3.07. The predicted molar refractivity (Wildman–Crippen MR) is 92.1 cm³/mol. The maximum absolute atomic E-state index is 12.5. The second-order valence-electron chi connectivity index (χ2n) is 6.92. The third-order valence-corrected chi connectivity index (χ3v) is 5.22. The van der Waals surface area contributed by atoms with E-state index in [1.807, 2.05) is 18.2 Å². The largest absolute Gasteiger partial charge is 0.496 e. The number of hydrogen-bond donors (Lipinski definition) is 2. The van der Waals surface area contributed by atoms with Crippen LogP contribution >= 0.6 is 0 Å². The van der Waals surface area contributed by atoms with Crippen LogP contribution in [-0.4, -0.2) is 59.0 Å². The number of aromatic nitrogens is 3. The number of nitrogens with zero attached hydrogens (tertiary/aromatic N) is 3. The van der Waals surface area contributed by atoms with Crippen LogP contribution < -0.4 is 10.1 Å². The zero-order valence-corrected chi connectivity index (χ0v) is 14.6. The first kappa shape index (κ1) is 17.0. The van der Waals surface area contributed by atoms with Crippen LogP contribution in [0, 0.1) is 0 Å². The van der Waals surface area contributed by atoms with Crippen molar-refractivity contribution in [3.63, 3.8) is 0 Å². The van der Waals surface area contributed by atoms with Crippen LogP contribution in [-0.2, 0) is 10.2 Å². The molecule has 2 aliphatic rings. The molecule has 0 spiro atoms. The molecule has 2 N–H and O–H groups in total. The van der Waals surface area contributed by atoms with E-state index in [9.17, 15) is 9.90 Å². The van der Waals surface area contributed by atoms with Crippen LogP contribution in [0.1, 0.15) is 34.9 Å². The quantitative estimate of drug-likeness (QED) is 0.788. The Labute approximate surface area is 151 Å². The van der Waals surface area contributed by atoms with Crippen LogP contribution in [0.5, 0.6) is 5.75 Å². The molecule has 1 aliphatic heterocycles. The monoisotopic (exact) mass is 358 g/mol. The number of methoxy groups -OCH3 is 1. The summed E-state index contributed by atoms with van der Waals surface area (Å²) in [6, 6.07) is 7.62. The summed E-state index contributed by atoms with van der Waals surface area (Å²) >= 11 is 0. The number of hydrogen-bond acceptors (Lipinski definition) is 6. The van der Waals surface area contributed by atoms with Crippen molar-refractivity contribution in [2.45, 2.75) is 30.4 Å². The first-order chi connectivity index (χ1) is 12.6. The van der Waals surface area contributed by atoms with Gasteiger partial charge in [-0.25, -0.2) is 4.68 Å². The summed E-state index contributed by atoms with van der Waals surface area (Å²) in [6.07, 6.45) is 2.94. The number of benzene rings is 1. The summed E-state index contributed by atoms with van der Waals surface area (Å²) in [6.45, 7) is 1.16. The Balaban J connectivity index is 1.42. The highest BCUT2D eigenvalue weighted by Crippen LogP contribution is 2.50. The molecular formula is C18H22N4O4. The molecule has 2 heterocycles. The van der Waals surface area contributed by atoms with Gasteiger partial charge in [-0.1, -0.05) is 23.4 Å². The molecular weight excluding hydrogens is 336 g/mol. The van der Waals surface area contributed by atoms with Crippen LogP contribution in [0.2, 0.25) is 0 Å². The van der Waals surface area contributed by atoms with E-state index in [0.29, 0.717) is 13.2 Å². The lowest BCUT2D eigenvalue weighted by molar-refractivity contribution is 0.0944. The lowest BCUT2D eigenvalue weighted by Gasteiger charge is -2.19. The zero-order valence-electron chi connectivity index (χ0n) is 14.6. The summed E-state index contributed by atoms with van der Waals surface area (Å²) in [5.41, 5.74) is 1.28. The fraction of sp³-hybridized carbons (Fsp3) is 0.500. The Morgan fingerprint density at radius 2 is 2.23 bits per heavy atom. The molecule has 8 nitrogen and oxygen atoms in total. The minimum Gasteiger partial charge on any atom is -0.496 e. The lowest BCUT2D eigenvalue weighted by atomic mass is 9.95. The molecule has 1 aromatic heterocycles. The average molecular weight is 358 g/mol. The molecule has 0 radical (unpaired) electrons. The Morgan fingerprint density at radius 3 is 2.92 bits per heavy atom. The molecule has 1 saturated heterocycles. The topological polar surface area (TPSA) is 98.5 Å². The summed E-state index contributed by atoms with van der Waals surface area (Å²) in [4.78, 5) is 12.5. The van der Waals surface area contributed by atoms with Gasteiger partial charge in [-0.05, 0) is 18.9 Å². The molecule has 0 bridgehead atoms. The summed E-state index contributed by atoms with van der Waals surface area (Å²) in [5.74, 6) is 0.575. The van der Waals surface area contributed by atoms with Crippen molar-refractivity contribution >= 4 is 5.91 Å². The Hall–Kier alpha value is -2.45. The Bertz CT molecular complexity index is 802. The van der Waals surface area contributed by atoms with Gasteiger partial charge in [0, 0.05) is 17.5 Å². The highest BCUT2D eigenvalue weighted by atomic mass is 16.5. The summed E-state index contributed by atoms with van der Waals surface area (Å²) in [7, 11) is 1.66. The van der Waals surface area contributed by atoms with Gasteiger partial charge in [0.15, 0.2) is 5.69 Å². The van der Waals surface area contributed by atoms with E-state index in [4.69, 9.17) is 9.47 Å². The van der Waals surface area contributed by atoms with Crippen LogP contribution in [0.15, 0.2) is 30.5 Å². The molecule has 138 valence electrons. The van der Waals surface area contributed by atoms with E-state index in [-0.39, 0.29) is 29.7 Å². The van der Waals surface area contributed by atoms with Crippen molar-refractivity contribution in [1.29, 1.82) is 0 Å². The molecule has 1 aromatic carbocycles. The van der Waals surface area contributed by atoms with Gasteiger partial charge in [-0.15, -0.1) is 5.10 Å². The van der Waals surface area contributed by atoms with E-state index in [2.05, 4.69) is 21.7 Å². The van der Waals surface area contributed by atoms with Crippen molar-refractivity contribution in [1.82, 2.24) is 20.3 Å². The standard InChI is InChI=1S/C18H22N4O4/c1-25-16-5-3-2-4-12(16)18(6-7-18)11-19-17(24)13-8-22(21-20-13)14-9-26-10-15(14)23/h2-5,8,14-15,23H,6-7,9-11H2,1H3,(H,19,24)/t14-,15-/m1/s1.